The Labute approximate surface area is 125 Å². The second kappa shape index (κ2) is 7.88. The van der Waals surface area contributed by atoms with E-state index in [1.807, 2.05) is 11.8 Å². The average Bonchev–Trinajstić information content (AvgIpc) is 2.94. The Morgan fingerprint density at radius 1 is 1.25 bits per heavy atom. The van der Waals surface area contributed by atoms with Crippen molar-refractivity contribution < 1.29 is 4.42 Å². The van der Waals surface area contributed by atoms with Crippen molar-refractivity contribution in [2.75, 3.05) is 24.7 Å². The van der Waals surface area contributed by atoms with Crippen LogP contribution in [0.25, 0.3) is 0 Å². The highest BCUT2D eigenvalue weighted by atomic mass is 32.2. The van der Waals surface area contributed by atoms with Gasteiger partial charge in [-0.2, -0.15) is 11.8 Å². The minimum absolute atomic E-state index is 0.341. The molecule has 0 saturated heterocycles. The predicted octanol–water partition coefficient (Wildman–Crippen LogP) is 3.05. The van der Waals surface area contributed by atoms with Crippen LogP contribution in [0.4, 0.5) is 6.01 Å². The zero-order chi connectivity index (χ0) is 14.3. The number of thioether (sulfide) groups is 1. The molecule has 2 N–H and O–H groups in total. The number of anilines is 1. The molecule has 20 heavy (non-hydrogen) atoms. The lowest BCUT2D eigenvalue weighted by Crippen LogP contribution is -2.35. The summed E-state index contributed by atoms with van der Waals surface area (Å²) in [7, 11) is 0. The molecular formula is C14H26N4OS. The minimum Gasteiger partial charge on any atom is -0.407 e. The van der Waals surface area contributed by atoms with Crippen molar-refractivity contribution in [2.24, 2.45) is 0 Å². The van der Waals surface area contributed by atoms with Crippen molar-refractivity contribution in [2.45, 2.75) is 56.7 Å². The van der Waals surface area contributed by atoms with Crippen LogP contribution >= 0.6 is 11.8 Å². The first-order valence-corrected chi connectivity index (χ1v) is 8.82. The number of hydrogen-bond acceptors (Lipinski definition) is 6. The molecule has 0 aliphatic heterocycles. The molecule has 1 fully saturated rings. The van der Waals surface area contributed by atoms with E-state index in [4.69, 9.17) is 4.42 Å². The van der Waals surface area contributed by atoms with Crippen LogP contribution in [-0.4, -0.2) is 34.3 Å². The molecule has 114 valence electrons. The molecule has 0 bridgehead atoms. The van der Waals surface area contributed by atoms with Gasteiger partial charge >= 0.3 is 6.01 Å². The van der Waals surface area contributed by atoms with E-state index in [0.717, 1.165) is 19.5 Å². The summed E-state index contributed by atoms with van der Waals surface area (Å²) in [5.41, 5.74) is 0. The molecule has 0 spiro atoms. The van der Waals surface area contributed by atoms with Crippen molar-refractivity contribution in [3.63, 3.8) is 0 Å². The van der Waals surface area contributed by atoms with Crippen molar-refractivity contribution in [1.29, 1.82) is 0 Å². The first-order valence-electron chi connectivity index (χ1n) is 7.60. The number of rotatable bonds is 8. The Kier molecular flexibility index (Phi) is 6.16. The van der Waals surface area contributed by atoms with Crippen molar-refractivity contribution in [3.05, 3.63) is 5.89 Å². The normalized spacial score (nSPS) is 18.1. The van der Waals surface area contributed by atoms with Gasteiger partial charge in [0.1, 0.15) is 0 Å². The van der Waals surface area contributed by atoms with Crippen LogP contribution in [0.1, 0.15) is 51.3 Å². The lowest BCUT2D eigenvalue weighted by atomic mass is 9.88. The summed E-state index contributed by atoms with van der Waals surface area (Å²) < 4.78 is 5.95. The minimum atomic E-state index is 0.341. The Morgan fingerprint density at radius 2 is 2.05 bits per heavy atom. The third-order valence-corrected chi connectivity index (χ3v) is 5.35. The molecule has 2 rings (SSSR count). The number of aromatic nitrogens is 2. The molecule has 1 heterocycles. The van der Waals surface area contributed by atoms with Gasteiger partial charge in [0.2, 0.25) is 5.89 Å². The zero-order valence-corrected chi connectivity index (χ0v) is 13.4. The maximum absolute atomic E-state index is 5.61. The third kappa shape index (κ3) is 4.38. The van der Waals surface area contributed by atoms with Crippen LogP contribution in [-0.2, 0) is 6.54 Å². The standard InChI is InChI=1S/C14H26N4OS/c1-3-9-15-10-12-17-18-13(19-12)16-11-14(20-2)7-5-4-6-8-14/h15H,3-11H2,1-2H3,(H,16,18). The maximum Gasteiger partial charge on any atom is 0.315 e. The van der Waals surface area contributed by atoms with Gasteiger partial charge in [-0.15, -0.1) is 5.10 Å². The Bertz CT molecular complexity index is 390. The Morgan fingerprint density at radius 3 is 2.75 bits per heavy atom. The molecule has 1 aromatic heterocycles. The average molecular weight is 298 g/mol. The van der Waals surface area contributed by atoms with Gasteiger partial charge in [-0.3, -0.25) is 0 Å². The first kappa shape index (κ1) is 15.6. The summed E-state index contributed by atoms with van der Waals surface area (Å²) in [4.78, 5) is 0. The van der Waals surface area contributed by atoms with E-state index in [1.54, 1.807) is 0 Å². The molecular weight excluding hydrogens is 272 g/mol. The highest BCUT2D eigenvalue weighted by Crippen LogP contribution is 2.38. The van der Waals surface area contributed by atoms with Gasteiger partial charge in [0.05, 0.1) is 6.54 Å². The van der Waals surface area contributed by atoms with Crippen LogP contribution in [0.2, 0.25) is 0 Å². The van der Waals surface area contributed by atoms with E-state index in [9.17, 15) is 0 Å². The molecule has 1 aliphatic rings. The summed E-state index contributed by atoms with van der Waals surface area (Å²) in [6.07, 6.45) is 9.91. The van der Waals surface area contributed by atoms with E-state index in [1.165, 1.54) is 32.1 Å². The van der Waals surface area contributed by atoms with E-state index >= 15 is 0 Å². The van der Waals surface area contributed by atoms with E-state index < -0.39 is 0 Å². The maximum atomic E-state index is 5.61. The van der Waals surface area contributed by atoms with E-state index in [-0.39, 0.29) is 0 Å². The highest BCUT2D eigenvalue weighted by Gasteiger charge is 2.31. The lowest BCUT2D eigenvalue weighted by molar-refractivity contribution is 0.406. The molecule has 0 aromatic carbocycles. The summed E-state index contributed by atoms with van der Waals surface area (Å²) in [6.45, 7) is 4.68. The fourth-order valence-electron chi connectivity index (χ4n) is 2.65. The zero-order valence-electron chi connectivity index (χ0n) is 12.6. The lowest BCUT2D eigenvalue weighted by Gasteiger charge is -2.35. The van der Waals surface area contributed by atoms with Gasteiger partial charge in [0, 0.05) is 11.3 Å². The topological polar surface area (TPSA) is 63.0 Å². The molecule has 1 aromatic rings. The second-order valence-corrected chi connectivity index (χ2v) is 6.75. The summed E-state index contributed by atoms with van der Waals surface area (Å²) in [5.74, 6) is 0.655. The fourth-order valence-corrected chi connectivity index (χ4v) is 3.57. The van der Waals surface area contributed by atoms with Gasteiger partial charge in [-0.05, 0) is 32.1 Å². The van der Waals surface area contributed by atoms with Crippen LogP contribution in [0.15, 0.2) is 4.42 Å². The first-order chi connectivity index (χ1) is 9.78. The molecule has 6 heteroatoms. The summed E-state index contributed by atoms with van der Waals surface area (Å²) >= 11 is 1.97. The van der Waals surface area contributed by atoms with Crippen LogP contribution in [0.5, 0.6) is 0 Å². The van der Waals surface area contributed by atoms with Crippen molar-refractivity contribution in [3.8, 4) is 0 Å². The summed E-state index contributed by atoms with van der Waals surface area (Å²) in [6, 6.07) is 0.553. The predicted molar refractivity (Wildman–Crippen MR) is 84.1 cm³/mol. The Hall–Kier alpha value is -0.750. The monoisotopic (exact) mass is 298 g/mol. The van der Waals surface area contributed by atoms with Gasteiger partial charge in [0.15, 0.2) is 0 Å². The molecule has 5 nitrogen and oxygen atoms in total. The fraction of sp³-hybridized carbons (Fsp3) is 0.857. The van der Waals surface area contributed by atoms with Crippen molar-refractivity contribution >= 4 is 17.8 Å². The quantitative estimate of drug-likeness (QED) is 0.719. The third-order valence-electron chi connectivity index (χ3n) is 3.93. The van der Waals surface area contributed by atoms with E-state index in [2.05, 4.69) is 34.0 Å². The Balaban J connectivity index is 1.80. The number of hydrogen-bond donors (Lipinski definition) is 2. The number of nitrogens with zero attached hydrogens (tertiary/aromatic N) is 2. The van der Waals surface area contributed by atoms with Crippen molar-refractivity contribution in [1.82, 2.24) is 15.5 Å². The van der Waals surface area contributed by atoms with Crippen LogP contribution in [0, 0.1) is 0 Å². The van der Waals surface area contributed by atoms with Gasteiger partial charge < -0.3 is 15.1 Å². The molecule has 0 unspecified atom stereocenters. The smallest absolute Gasteiger partial charge is 0.315 e. The number of nitrogens with one attached hydrogen (secondary N) is 2. The van der Waals surface area contributed by atoms with E-state index in [0.29, 0.717) is 23.2 Å². The van der Waals surface area contributed by atoms with Crippen LogP contribution in [0.3, 0.4) is 0 Å². The van der Waals surface area contributed by atoms with Gasteiger partial charge in [0.25, 0.3) is 0 Å². The van der Waals surface area contributed by atoms with Gasteiger partial charge in [-0.25, -0.2) is 0 Å². The van der Waals surface area contributed by atoms with Crippen LogP contribution < -0.4 is 10.6 Å². The highest BCUT2D eigenvalue weighted by molar-refractivity contribution is 8.00. The molecule has 1 aliphatic carbocycles. The molecule has 0 radical (unpaired) electrons. The van der Waals surface area contributed by atoms with Gasteiger partial charge in [-0.1, -0.05) is 31.3 Å². The SMILES string of the molecule is CCCNCc1nnc(NCC2(SC)CCCCC2)o1. The summed E-state index contributed by atoms with van der Waals surface area (Å²) in [5, 5.41) is 14.7. The second-order valence-electron chi connectivity index (χ2n) is 5.48. The largest absolute Gasteiger partial charge is 0.407 e. The molecule has 0 atom stereocenters. The molecule has 1 saturated carbocycles. The molecule has 0 amide bonds.